The number of sulfone groups is 1. The quantitative estimate of drug-likeness (QED) is 0.484. The number of hydrogen-bond donors (Lipinski definition) is 1. The van der Waals surface area contributed by atoms with Crippen molar-refractivity contribution in [2.45, 2.75) is 29.8 Å². The molecule has 192 valence electrons. The van der Waals surface area contributed by atoms with Gasteiger partial charge in [0, 0.05) is 30.0 Å². The van der Waals surface area contributed by atoms with Gasteiger partial charge < -0.3 is 4.74 Å². The van der Waals surface area contributed by atoms with Crippen LogP contribution in [0.2, 0.25) is 0 Å². The summed E-state index contributed by atoms with van der Waals surface area (Å²) in [6, 6.07) is 9.01. The fraction of sp³-hybridized carbons (Fsp3) is 0.304. The van der Waals surface area contributed by atoms with Crippen LogP contribution in [-0.2, 0) is 32.5 Å². The highest BCUT2D eigenvalue weighted by atomic mass is 32.2. The molecule has 0 fully saturated rings. The molecule has 0 bridgehead atoms. The van der Waals surface area contributed by atoms with Gasteiger partial charge in [0.25, 0.3) is 10.0 Å². The number of fused-ring (bicyclic) bond motifs is 1. The number of anilines is 1. The summed E-state index contributed by atoms with van der Waals surface area (Å²) in [6.07, 6.45) is -0.621. The van der Waals surface area contributed by atoms with Crippen LogP contribution in [0.3, 0.4) is 0 Å². The van der Waals surface area contributed by atoms with Crippen molar-refractivity contribution in [1.82, 2.24) is 9.97 Å². The van der Waals surface area contributed by atoms with Gasteiger partial charge >= 0.3 is 6.18 Å². The van der Waals surface area contributed by atoms with Gasteiger partial charge in [-0.25, -0.2) is 26.8 Å². The maximum absolute atomic E-state index is 13.4. The van der Waals surface area contributed by atoms with Crippen LogP contribution in [0, 0.1) is 0 Å². The molecule has 0 saturated heterocycles. The molecule has 0 saturated carbocycles. The third-order valence-corrected chi connectivity index (χ3v) is 8.04. The molecule has 0 amide bonds. The number of sulfonamides is 1. The summed E-state index contributed by atoms with van der Waals surface area (Å²) in [6.45, 7) is 0.201. The highest BCUT2D eigenvalue weighted by molar-refractivity contribution is 7.92. The van der Waals surface area contributed by atoms with Crippen molar-refractivity contribution in [2.24, 2.45) is 0 Å². The van der Waals surface area contributed by atoms with E-state index in [9.17, 15) is 30.0 Å². The molecule has 3 aromatic rings. The summed E-state index contributed by atoms with van der Waals surface area (Å²) in [7, 11) is -7.41. The molecule has 1 atom stereocenters. The monoisotopic (exact) mass is 541 g/mol. The zero-order chi connectivity index (χ0) is 26.1. The number of alkyl halides is 3. The van der Waals surface area contributed by atoms with E-state index in [0.717, 1.165) is 18.4 Å². The van der Waals surface area contributed by atoms with Crippen LogP contribution in [0.15, 0.2) is 59.9 Å². The Morgan fingerprint density at radius 1 is 1.06 bits per heavy atom. The number of ether oxygens (including phenoxy) is 1. The molecule has 0 radical (unpaired) electrons. The molecule has 4 rings (SSSR count). The number of hydrogen-bond acceptors (Lipinski definition) is 7. The Bertz CT molecular complexity index is 1480. The molecular formula is C23H22F3N3O5S2. The summed E-state index contributed by atoms with van der Waals surface area (Å²) in [5, 5.41) is 0. The van der Waals surface area contributed by atoms with Crippen molar-refractivity contribution in [3.05, 3.63) is 77.2 Å². The first-order valence-electron chi connectivity index (χ1n) is 10.8. The second-order valence-corrected chi connectivity index (χ2v) is 12.3. The average molecular weight is 542 g/mol. The van der Waals surface area contributed by atoms with Crippen molar-refractivity contribution in [3.8, 4) is 5.75 Å². The van der Waals surface area contributed by atoms with Crippen molar-refractivity contribution in [2.75, 3.05) is 23.3 Å². The molecule has 1 aliphatic heterocycles. The predicted octanol–water partition coefficient (Wildman–Crippen LogP) is 3.80. The molecule has 8 nitrogen and oxygen atoms in total. The first-order chi connectivity index (χ1) is 16.8. The minimum absolute atomic E-state index is 0.0785. The Morgan fingerprint density at radius 3 is 2.47 bits per heavy atom. The van der Waals surface area contributed by atoms with E-state index < -0.39 is 37.5 Å². The van der Waals surface area contributed by atoms with E-state index in [1.807, 2.05) is 0 Å². The number of aromatic nitrogens is 2. The number of nitrogens with zero attached hydrogens (tertiary/aromatic N) is 2. The lowest BCUT2D eigenvalue weighted by Crippen LogP contribution is -2.19. The Kier molecular flexibility index (Phi) is 6.97. The van der Waals surface area contributed by atoms with E-state index in [0.29, 0.717) is 17.5 Å². The van der Waals surface area contributed by atoms with E-state index in [1.54, 1.807) is 6.07 Å². The smallest absolute Gasteiger partial charge is 0.416 e. The van der Waals surface area contributed by atoms with E-state index in [4.69, 9.17) is 4.74 Å². The molecule has 1 aliphatic rings. The van der Waals surface area contributed by atoms with Crippen molar-refractivity contribution >= 4 is 25.7 Å². The molecule has 2 aromatic carbocycles. The van der Waals surface area contributed by atoms with Gasteiger partial charge in [-0.2, -0.15) is 13.2 Å². The Morgan fingerprint density at radius 2 is 1.81 bits per heavy atom. The van der Waals surface area contributed by atoms with Gasteiger partial charge in [-0.15, -0.1) is 0 Å². The molecular weight excluding hydrogens is 519 g/mol. The largest absolute Gasteiger partial charge is 0.493 e. The van der Waals surface area contributed by atoms with Crippen LogP contribution in [0.1, 0.15) is 34.6 Å². The highest BCUT2D eigenvalue weighted by Gasteiger charge is 2.33. The van der Waals surface area contributed by atoms with Crippen LogP contribution in [0.25, 0.3) is 0 Å². The van der Waals surface area contributed by atoms with Gasteiger partial charge in [0.05, 0.1) is 22.8 Å². The lowest BCUT2D eigenvalue weighted by atomic mass is 9.83. The SMILES string of the molecule is CS(=O)(=O)CCc1cc(C(F)(F)F)ccc1C1CCOc2cc(S(=O)(=O)Nc3ccncn3)ccc21. The molecule has 1 aromatic heterocycles. The first kappa shape index (κ1) is 25.9. The second kappa shape index (κ2) is 9.69. The van der Waals surface area contributed by atoms with Crippen molar-refractivity contribution in [1.29, 1.82) is 0 Å². The molecule has 1 N–H and O–H groups in total. The zero-order valence-electron chi connectivity index (χ0n) is 19.0. The van der Waals surface area contributed by atoms with Gasteiger partial charge in [0.1, 0.15) is 27.7 Å². The second-order valence-electron chi connectivity index (χ2n) is 8.38. The summed E-state index contributed by atoms with van der Waals surface area (Å²) in [5.74, 6) is -0.340. The summed E-state index contributed by atoms with van der Waals surface area (Å²) >= 11 is 0. The molecule has 13 heteroatoms. The average Bonchev–Trinajstić information content (AvgIpc) is 2.81. The van der Waals surface area contributed by atoms with Crippen LogP contribution < -0.4 is 9.46 Å². The van der Waals surface area contributed by atoms with E-state index >= 15 is 0 Å². The Balaban J connectivity index is 1.71. The molecule has 0 spiro atoms. The number of nitrogens with one attached hydrogen (secondary N) is 1. The minimum Gasteiger partial charge on any atom is -0.493 e. The van der Waals surface area contributed by atoms with Gasteiger partial charge in [0.2, 0.25) is 0 Å². The molecule has 1 unspecified atom stereocenters. The number of halogens is 3. The number of rotatable bonds is 7. The molecule has 36 heavy (non-hydrogen) atoms. The van der Waals surface area contributed by atoms with Gasteiger partial charge in [0.15, 0.2) is 0 Å². The topological polar surface area (TPSA) is 115 Å². The fourth-order valence-electron chi connectivity index (χ4n) is 4.04. The lowest BCUT2D eigenvalue weighted by molar-refractivity contribution is -0.137. The van der Waals surface area contributed by atoms with Crippen molar-refractivity contribution < 1.29 is 34.7 Å². The normalized spacial score (nSPS) is 16.2. The summed E-state index contributed by atoms with van der Waals surface area (Å²) in [4.78, 5) is 7.50. The lowest BCUT2D eigenvalue weighted by Gasteiger charge is -2.29. The van der Waals surface area contributed by atoms with E-state index in [2.05, 4.69) is 14.7 Å². The van der Waals surface area contributed by atoms with Gasteiger partial charge in [-0.1, -0.05) is 12.1 Å². The van der Waals surface area contributed by atoms with E-state index in [1.165, 1.54) is 36.8 Å². The van der Waals surface area contributed by atoms with Gasteiger partial charge in [-0.3, -0.25) is 4.72 Å². The minimum atomic E-state index is -4.58. The number of benzene rings is 2. The summed E-state index contributed by atoms with van der Waals surface area (Å²) < 4.78 is 97.2. The Labute approximate surface area is 206 Å². The fourth-order valence-corrected chi connectivity index (χ4v) is 5.66. The van der Waals surface area contributed by atoms with Crippen LogP contribution >= 0.6 is 0 Å². The predicted molar refractivity (Wildman–Crippen MR) is 126 cm³/mol. The maximum atomic E-state index is 13.4. The third-order valence-electron chi connectivity index (χ3n) is 5.74. The number of aryl methyl sites for hydroxylation is 1. The highest BCUT2D eigenvalue weighted by Crippen LogP contribution is 2.42. The first-order valence-corrected chi connectivity index (χ1v) is 14.3. The summed E-state index contributed by atoms with van der Waals surface area (Å²) in [5.41, 5.74) is 0.558. The zero-order valence-corrected chi connectivity index (χ0v) is 20.6. The maximum Gasteiger partial charge on any atom is 0.416 e. The standard InChI is InChI=1S/C23H22F3N3O5S2/c1-35(30,31)11-8-15-12-16(23(24,25)26)2-4-18(15)19-7-10-34-21-13-17(3-5-20(19)21)36(32,33)29-22-6-9-27-14-28-22/h2-6,9,12-14,19H,7-8,10-11H2,1H3,(H,27,28,29). The molecule has 0 aliphatic carbocycles. The third kappa shape index (κ3) is 5.95. The van der Waals surface area contributed by atoms with Gasteiger partial charge in [-0.05, 0) is 48.2 Å². The Hall–Kier alpha value is -3.19. The van der Waals surface area contributed by atoms with Crippen LogP contribution in [0.4, 0.5) is 19.0 Å². The van der Waals surface area contributed by atoms with Crippen LogP contribution in [-0.4, -0.2) is 45.4 Å². The molecule has 2 heterocycles. The van der Waals surface area contributed by atoms with Crippen molar-refractivity contribution in [3.63, 3.8) is 0 Å². The van der Waals surface area contributed by atoms with Crippen LogP contribution in [0.5, 0.6) is 5.75 Å². The van der Waals surface area contributed by atoms with E-state index in [-0.39, 0.29) is 40.8 Å².